The van der Waals surface area contributed by atoms with Gasteiger partial charge in [0, 0.05) is 5.56 Å². The molecule has 0 radical (unpaired) electrons. The summed E-state index contributed by atoms with van der Waals surface area (Å²) >= 11 is 0.922. The molecule has 1 amide bonds. The number of aryl methyl sites for hydroxylation is 1. The second-order valence-corrected chi connectivity index (χ2v) is 9.58. The Balaban J connectivity index is 1.68. The Kier molecular flexibility index (Phi) is 7.07. The number of anilines is 1. The highest BCUT2D eigenvalue weighted by atomic mass is 32.1. The normalized spacial score (nSPS) is 17.7. The number of amides is 1. The molecule has 10 nitrogen and oxygen atoms in total. The zero-order chi connectivity index (χ0) is 27.7. The third kappa shape index (κ3) is 4.72. The van der Waals surface area contributed by atoms with Crippen LogP contribution in [0.15, 0.2) is 60.7 Å². The van der Waals surface area contributed by atoms with Crippen LogP contribution in [0.1, 0.15) is 32.5 Å². The van der Waals surface area contributed by atoms with Crippen LogP contribution in [-0.4, -0.2) is 54.7 Å². The van der Waals surface area contributed by atoms with Crippen molar-refractivity contribution in [3.63, 3.8) is 0 Å². The van der Waals surface area contributed by atoms with E-state index in [-0.39, 0.29) is 27.8 Å². The number of ether oxygens (including phenoxy) is 4. The highest BCUT2D eigenvalue weighted by Crippen LogP contribution is 2.45. The minimum Gasteiger partial charge on any atom is -0.507 e. The van der Waals surface area contributed by atoms with Gasteiger partial charge in [-0.05, 0) is 42.8 Å². The smallest absolute Gasteiger partial charge is 0.350 e. The van der Waals surface area contributed by atoms with Crippen molar-refractivity contribution in [2.45, 2.75) is 13.0 Å². The van der Waals surface area contributed by atoms with Crippen LogP contribution >= 0.6 is 11.3 Å². The first kappa shape index (κ1) is 26.0. The van der Waals surface area contributed by atoms with Gasteiger partial charge in [0.1, 0.15) is 36.2 Å². The standard InChI is InChI=1S/C28H24N2O8S/c1-4-10-36-18-7-5-6-16(13-18)22-21(23(31)17-8-9-19-20(14-17)38-12-11-37-19)24(32)26(33)30(22)28-29-15(2)25(39-28)27(34)35-3/h4-9,13-14,22,31H,1,10-12H2,2-3H3. The number of hydrogen-bond donors (Lipinski definition) is 1. The summed E-state index contributed by atoms with van der Waals surface area (Å²) in [5, 5.41) is 11.6. The van der Waals surface area contributed by atoms with E-state index in [1.807, 2.05) is 0 Å². The van der Waals surface area contributed by atoms with Crippen LogP contribution in [0.4, 0.5) is 5.13 Å². The predicted molar refractivity (Wildman–Crippen MR) is 143 cm³/mol. The molecule has 0 bridgehead atoms. The molecule has 1 saturated heterocycles. The fourth-order valence-electron chi connectivity index (χ4n) is 4.39. The molecule has 0 saturated carbocycles. The van der Waals surface area contributed by atoms with Crippen LogP contribution in [0.5, 0.6) is 17.2 Å². The Morgan fingerprint density at radius 1 is 1.21 bits per heavy atom. The highest BCUT2D eigenvalue weighted by molar-refractivity contribution is 7.17. The molecule has 11 heteroatoms. The Morgan fingerprint density at radius 2 is 1.97 bits per heavy atom. The number of hydrogen-bond acceptors (Lipinski definition) is 10. The monoisotopic (exact) mass is 548 g/mol. The molecule has 0 spiro atoms. The Hall–Kier alpha value is -4.64. The van der Waals surface area contributed by atoms with Crippen molar-refractivity contribution in [3.05, 3.63) is 82.4 Å². The van der Waals surface area contributed by atoms with Crippen molar-refractivity contribution >= 4 is 39.9 Å². The minimum atomic E-state index is -1.07. The quantitative estimate of drug-likeness (QED) is 0.152. The summed E-state index contributed by atoms with van der Waals surface area (Å²) in [6.45, 7) is 6.24. The van der Waals surface area contributed by atoms with Gasteiger partial charge in [-0.3, -0.25) is 14.5 Å². The number of ketones is 1. The lowest BCUT2D eigenvalue weighted by atomic mass is 9.95. The van der Waals surface area contributed by atoms with Gasteiger partial charge in [0.25, 0.3) is 5.78 Å². The summed E-state index contributed by atoms with van der Waals surface area (Å²) in [5.41, 5.74) is 0.955. The average Bonchev–Trinajstić information content (AvgIpc) is 3.47. The van der Waals surface area contributed by atoms with Crippen molar-refractivity contribution in [3.8, 4) is 17.2 Å². The van der Waals surface area contributed by atoms with Crippen molar-refractivity contribution in [2.24, 2.45) is 0 Å². The zero-order valence-electron chi connectivity index (χ0n) is 21.1. The van der Waals surface area contributed by atoms with Gasteiger partial charge in [-0.1, -0.05) is 36.1 Å². The maximum Gasteiger partial charge on any atom is 0.350 e. The van der Waals surface area contributed by atoms with Crippen LogP contribution < -0.4 is 19.1 Å². The summed E-state index contributed by atoms with van der Waals surface area (Å²) in [4.78, 5) is 45.0. The molecule has 2 aromatic carbocycles. The molecule has 200 valence electrons. The van der Waals surface area contributed by atoms with Crippen LogP contribution in [-0.2, 0) is 14.3 Å². The van der Waals surface area contributed by atoms with E-state index in [4.69, 9.17) is 18.9 Å². The summed E-state index contributed by atoms with van der Waals surface area (Å²) in [6.07, 6.45) is 1.59. The van der Waals surface area contributed by atoms with Crippen molar-refractivity contribution in [2.75, 3.05) is 31.8 Å². The number of aliphatic hydroxyl groups excluding tert-OH is 1. The van der Waals surface area contributed by atoms with Gasteiger partial charge in [-0.15, -0.1) is 0 Å². The van der Waals surface area contributed by atoms with E-state index >= 15 is 0 Å². The Labute approximate surface area is 227 Å². The average molecular weight is 549 g/mol. The van der Waals surface area contributed by atoms with E-state index in [0.717, 1.165) is 11.3 Å². The lowest BCUT2D eigenvalue weighted by Gasteiger charge is -2.23. The summed E-state index contributed by atoms with van der Waals surface area (Å²) in [6, 6.07) is 10.5. The van der Waals surface area contributed by atoms with Gasteiger partial charge in [-0.25, -0.2) is 9.78 Å². The number of benzene rings is 2. The Morgan fingerprint density at radius 3 is 2.72 bits per heavy atom. The van der Waals surface area contributed by atoms with E-state index in [1.54, 1.807) is 55.5 Å². The van der Waals surface area contributed by atoms with E-state index in [2.05, 4.69) is 11.6 Å². The molecule has 1 aromatic heterocycles. The maximum atomic E-state index is 13.5. The van der Waals surface area contributed by atoms with Crippen molar-refractivity contribution in [1.29, 1.82) is 0 Å². The number of carbonyl (C=O) groups is 3. The lowest BCUT2D eigenvalue weighted by Crippen LogP contribution is -2.29. The molecule has 2 aliphatic heterocycles. The fraction of sp³-hybridized carbons (Fsp3) is 0.214. The molecule has 1 fully saturated rings. The van der Waals surface area contributed by atoms with Crippen LogP contribution in [0.3, 0.4) is 0 Å². The number of rotatable bonds is 7. The fourth-order valence-corrected chi connectivity index (χ4v) is 5.40. The number of nitrogens with zero attached hydrogens (tertiary/aromatic N) is 2. The number of Topliss-reactive ketones (excluding diaryl/α,β-unsaturated/α-hetero) is 1. The molecular formula is C28H24N2O8S. The molecule has 2 aliphatic rings. The number of thiazole rings is 1. The number of esters is 1. The molecule has 1 atom stereocenters. The van der Waals surface area contributed by atoms with Gasteiger partial charge >= 0.3 is 11.9 Å². The Bertz CT molecular complexity index is 1530. The molecule has 39 heavy (non-hydrogen) atoms. The van der Waals surface area contributed by atoms with E-state index in [9.17, 15) is 19.5 Å². The van der Waals surface area contributed by atoms with Crippen LogP contribution in [0.25, 0.3) is 5.76 Å². The first-order chi connectivity index (χ1) is 18.8. The van der Waals surface area contributed by atoms with E-state index < -0.39 is 29.5 Å². The second kappa shape index (κ2) is 10.6. The maximum absolute atomic E-state index is 13.5. The number of fused-ring (bicyclic) bond motifs is 1. The van der Waals surface area contributed by atoms with Gasteiger partial charge < -0.3 is 24.1 Å². The van der Waals surface area contributed by atoms with Crippen LogP contribution in [0, 0.1) is 6.92 Å². The number of aliphatic hydroxyl groups is 1. The molecule has 0 aliphatic carbocycles. The summed E-state index contributed by atoms with van der Waals surface area (Å²) in [7, 11) is 1.25. The van der Waals surface area contributed by atoms with Gasteiger partial charge in [-0.2, -0.15) is 0 Å². The van der Waals surface area contributed by atoms with E-state index in [0.29, 0.717) is 41.7 Å². The van der Waals surface area contributed by atoms with Gasteiger partial charge in [0.2, 0.25) is 0 Å². The zero-order valence-corrected chi connectivity index (χ0v) is 21.9. The molecule has 1 N–H and O–H groups in total. The van der Waals surface area contributed by atoms with Gasteiger partial charge in [0.15, 0.2) is 16.6 Å². The highest BCUT2D eigenvalue weighted by Gasteiger charge is 2.48. The number of methoxy groups -OCH3 is 1. The molecular weight excluding hydrogens is 524 g/mol. The third-order valence-electron chi connectivity index (χ3n) is 6.16. The summed E-state index contributed by atoms with van der Waals surface area (Å²) < 4.78 is 21.7. The number of aromatic nitrogens is 1. The molecule has 1 unspecified atom stereocenters. The number of carbonyl (C=O) groups excluding carboxylic acids is 3. The summed E-state index contributed by atoms with van der Waals surface area (Å²) in [5.74, 6) is -1.41. The second-order valence-electron chi connectivity index (χ2n) is 8.60. The van der Waals surface area contributed by atoms with Crippen molar-refractivity contribution < 1.29 is 38.4 Å². The SMILES string of the molecule is C=CCOc1cccc(C2C(=C(O)c3ccc4c(c3)OCCO4)C(=O)C(=O)N2c2nc(C)c(C(=O)OC)s2)c1. The first-order valence-electron chi connectivity index (χ1n) is 11.9. The van der Waals surface area contributed by atoms with E-state index in [1.165, 1.54) is 12.0 Å². The predicted octanol–water partition coefficient (Wildman–Crippen LogP) is 4.20. The van der Waals surface area contributed by atoms with Crippen LogP contribution in [0.2, 0.25) is 0 Å². The largest absolute Gasteiger partial charge is 0.507 e. The van der Waals surface area contributed by atoms with Crippen molar-refractivity contribution in [1.82, 2.24) is 4.98 Å². The third-order valence-corrected chi connectivity index (χ3v) is 7.30. The topological polar surface area (TPSA) is 124 Å². The van der Waals surface area contributed by atoms with Gasteiger partial charge in [0.05, 0.1) is 24.4 Å². The molecule has 5 rings (SSSR count). The first-order valence-corrected chi connectivity index (χ1v) is 12.8. The molecule has 3 heterocycles. The lowest BCUT2D eigenvalue weighted by molar-refractivity contribution is -0.132. The molecule has 3 aromatic rings. The minimum absolute atomic E-state index is 0.110.